The molecule has 0 radical (unpaired) electrons. The van der Waals surface area contributed by atoms with Crippen LogP contribution in [0.5, 0.6) is 0 Å². The first kappa shape index (κ1) is 13.2. The summed E-state index contributed by atoms with van der Waals surface area (Å²) in [4.78, 5) is 5.19. The third-order valence-corrected chi connectivity index (χ3v) is 5.40. The lowest BCUT2D eigenvalue weighted by Gasteiger charge is -2.37. The SMILES string of the molecule is c1ccc(C2c3ccccc3N3CC[N+]4=C3N2CCCC4)cc1. The topological polar surface area (TPSA) is 9.49 Å². The maximum Gasteiger partial charge on any atom is 0.356 e. The Morgan fingerprint density at radius 2 is 1.65 bits per heavy atom. The monoisotopic (exact) mass is 304 g/mol. The summed E-state index contributed by atoms with van der Waals surface area (Å²) in [5.41, 5.74) is 4.25. The van der Waals surface area contributed by atoms with E-state index in [4.69, 9.17) is 0 Å². The molecule has 116 valence electrons. The van der Waals surface area contributed by atoms with Gasteiger partial charge in [0.05, 0.1) is 19.6 Å². The van der Waals surface area contributed by atoms with E-state index in [1.807, 2.05) is 0 Å². The third kappa shape index (κ3) is 1.92. The first-order chi connectivity index (χ1) is 11.4. The zero-order valence-corrected chi connectivity index (χ0v) is 13.4. The van der Waals surface area contributed by atoms with E-state index in [1.54, 1.807) is 0 Å². The average molecular weight is 304 g/mol. The van der Waals surface area contributed by atoms with Gasteiger partial charge in [0, 0.05) is 5.56 Å². The highest BCUT2D eigenvalue weighted by atomic mass is 15.5. The number of guanidine groups is 1. The van der Waals surface area contributed by atoms with Gasteiger partial charge < -0.3 is 0 Å². The molecule has 5 rings (SSSR count). The summed E-state index contributed by atoms with van der Waals surface area (Å²) in [6.07, 6.45) is 2.57. The fraction of sp³-hybridized carbons (Fsp3) is 0.350. The van der Waals surface area contributed by atoms with Crippen molar-refractivity contribution >= 4 is 11.6 Å². The van der Waals surface area contributed by atoms with Gasteiger partial charge in [-0.3, -0.25) is 9.48 Å². The average Bonchev–Trinajstić information content (AvgIpc) is 2.92. The van der Waals surface area contributed by atoms with Crippen LogP contribution in [0.15, 0.2) is 54.6 Å². The van der Waals surface area contributed by atoms with Crippen molar-refractivity contribution in [2.24, 2.45) is 0 Å². The Bertz CT molecular complexity index is 765. The molecular weight excluding hydrogens is 282 g/mol. The summed E-state index contributed by atoms with van der Waals surface area (Å²) in [6, 6.07) is 20.3. The molecule has 0 saturated carbocycles. The van der Waals surface area contributed by atoms with Gasteiger partial charge in [-0.15, -0.1) is 0 Å². The van der Waals surface area contributed by atoms with Crippen molar-refractivity contribution in [3.05, 3.63) is 65.7 Å². The first-order valence-corrected chi connectivity index (χ1v) is 8.73. The number of para-hydroxylation sites is 1. The van der Waals surface area contributed by atoms with Gasteiger partial charge in [0.15, 0.2) is 0 Å². The number of hydrogen-bond donors (Lipinski definition) is 0. The van der Waals surface area contributed by atoms with Gasteiger partial charge in [0.1, 0.15) is 18.3 Å². The maximum atomic E-state index is 2.65. The molecule has 3 aliphatic heterocycles. The van der Waals surface area contributed by atoms with E-state index in [-0.39, 0.29) is 0 Å². The molecule has 3 heteroatoms. The Morgan fingerprint density at radius 3 is 2.57 bits per heavy atom. The van der Waals surface area contributed by atoms with Crippen LogP contribution in [-0.4, -0.2) is 41.6 Å². The highest BCUT2D eigenvalue weighted by Gasteiger charge is 2.47. The van der Waals surface area contributed by atoms with Crippen molar-refractivity contribution in [1.82, 2.24) is 4.90 Å². The minimum absolute atomic E-state index is 0.345. The molecule has 1 atom stereocenters. The van der Waals surface area contributed by atoms with Crippen LogP contribution in [-0.2, 0) is 0 Å². The Labute approximate surface area is 137 Å². The lowest BCUT2D eigenvalue weighted by molar-refractivity contribution is -0.521. The van der Waals surface area contributed by atoms with E-state index >= 15 is 0 Å². The van der Waals surface area contributed by atoms with Gasteiger partial charge in [-0.1, -0.05) is 48.5 Å². The molecule has 3 nitrogen and oxygen atoms in total. The van der Waals surface area contributed by atoms with Crippen molar-refractivity contribution in [2.45, 2.75) is 18.9 Å². The molecule has 23 heavy (non-hydrogen) atoms. The molecular formula is C20H22N3+. The quantitative estimate of drug-likeness (QED) is 0.749. The van der Waals surface area contributed by atoms with E-state index in [2.05, 4.69) is 69.0 Å². The second kappa shape index (κ2) is 5.12. The normalized spacial score (nSPS) is 22.7. The predicted molar refractivity (Wildman–Crippen MR) is 93.0 cm³/mol. The van der Waals surface area contributed by atoms with Gasteiger partial charge in [0.25, 0.3) is 0 Å². The van der Waals surface area contributed by atoms with Gasteiger partial charge in [-0.2, -0.15) is 0 Å². The molecule has 3 heterocycles. The molecule has 0 aromatic heterocycles. The predicted octanol–water partition coefficient (Wildman–Crippen LogP) is 3.07. The van der Waals surface area contributed by atoms with E-state index < -0.39 is 0 Å². The zero-order valence-electron chi connectivity index (χ0n) is 13.4. The Hall–Kier alpha value is -2.29. The number of fused-ring (bicyclic) bond motifs is 2. The van der Waals surface area contributed by atoms with Crippen molar-refractivity contribution in [3.63, 3.8) is 0 Å². The molecule has 3 aliphatic rings. The summed E-state index contributed by atoms with van der Waals surface area (Å²) in [5, 5.41) is 0. The van der Waals surface area contributed by atoms with Gasteiger partial charge in [-0.05, 0) is 24.5 Å². The lowest BCUT2D eigenvalue weighted by atomic mass is 9.93. The van der Waals surface area contributed by atoms with Crippen LogP contribution < -0.4 is 4.90 Å². The van der Waals surface area contributed by atoms with Crippen LogP contribution >= 0.6 is 0 Å². The fourth-order valence-electron chi connectivity index (χ4n) is 4.42. The maximum absolute atomic E-state index is 2.65. The molecule has 0 aliphatic carbocycles. The summed E-state index contributed by atoms with van der Waals surface area (Å²) < 4.78 is 2.60. The number of rotatable bonds is 1. The van der Waals surface area contributed by atoms with Crippen LogP contribution in [0.2, 0.25) is 0 Å². The highest BCUT2D eigenvalue weighted by molar-refractivity contribution is 5.97. The first-order valence-electron chi connectivity index (χ1n) is 8.73. The Kier molecular flexibility index (Phi) is 2.93. The molecule has 0 N–H and O–H groups in total. The summed E-state index contributed by atoms with van der Waals surface area (Å²) in [7, 11) is 0. The van der Waals surface area contributed by atoms with Crippen molar-refractivity contribution < 1.29 is 4.58 Å². The fourth-order valence-corrected chi connectivity index (χ4v) is 4.42. The smallest absolute Gasteiger partial charge is 0.261 e. The van der Waals surface area contributed by atoms with E-state index in [0.717, 1.165) is 19.6 Å². The molecule has 2 aromatic carbocycles. The van der Waals surface area contributed by atoms with Gasteiger partial charge in [-0.25, -0.2) is 4.90 Å². The Balaban J connectivity index is 1.75. The lowest BCUT2D eigenvalue weighted by Crippen LogP contribution is -2.50. The Morgan fingerprint density at radius 1 is 0.826 bits per heavy atom. The highest BCUT2D eigenvalue weighted by Crippen LogP contribution is 2.41. The van der Waals surface area contributed by atoms with Gasteiger partial charge in [0.2, 0.25) is 0 Å². The molecule has 0 amide bonds. The van der Waals surface area contributed by atoms with Crippen molar-refractivity contribution in [1.29, 1.82) is 0 Å². The second-order valence-corrected chi connectivity index (χ2v) is 6.71. The summed E-state index contributed by atoms with van der Waals surface area (Å²) >= 11 is 0. The summed E-state index contributed by atoms with van der Waals surface area (Å²) in [5.74, 6) is 1.44. The van der Waals surface area contributed by atoms with E-state index in [0.29, 0.717) is 6.04 Å². The minimum Gasteiger partial charge on any atom is -0.261 e. The van der Waals surface area contributed by atoms with Crippen molar-refractivity contribution in [3.8, 4) is 0 Å². The molecule has 0 saturated heterocycles. The number of hydrogen-bond acceptors (Lipinski definition) is 2. The van der Waals surface area contributed by atoms with Crippen LogP contribution in [0, 0.1) is 0 Å². The number of anilines is 1. The third-order valence-electron chi connectivity index (χ3n) is 5.40. The number of nitrogens with zero attached hydrogens (tertiary/aromatic N) is 3. The van der Waals surface area contributed by atoms with Gasteiger partial charge >= 0.3 is 5.96 Å². The van der Waals surface area contributed by atoms with Crippen molar-refractivity contribution in [2.75, 3.05) is 31.1 Å². The molecule has 1 unspecified atom stereocenters. The van der Waals surface area contributed by atoms with E-state index in [1.165, 1.54) is 42.2 Å². The van der Waals surface area contributed by atoms with Crippen LogP contribution in [0.1, 0.15) is 30.0 Å². The molecule has 0 bridgehead atoms. The van der Waals surface area contributed by atoms with Crippen LogP contribution in [0.3, 0.4) is 0 Å². The standard InChI is InChI=1S/C20H22N3/c1-2-8-16(9-3-1)19-17-10-4-5-11-18(17)22-15-14-21-12-6-7-13-23(19)20(21)22/h1-5,8-11,19H,6-7,12-15H2/q+1. The zero-order chi connectivity index (χ0) is 15.2. The largest absolute Gasteiger partial charge is 0.356 e. The minimum atomic E-state index is 0.345. The van der Waals surface area contributed by atoms with Crippen LogP contribution in [0.4, 0.5) is 5.69 Å². The molecule has 0 fully saturated rings. The van der Waals surface area contributed by atoms with Crippen LogP contribution in [0.25, 0.3) is 0 Å². The summed E-state index contributed by atoms with van der Waals surface area (Å²) in [6.45, 7) is 4.62. The van der Waals surface area contributed by atoms with E-state index in [9.17, 15) is 0 Å². The second-order valence-electron chi connectivity index (χ2n) is 6.71. The molecule has 2 aromatic rings. The number of benzene rings is 2. The molecule has 0 spiro atoms.